The van der Waals surface area contributed by atoms with Gasteiger partial charge >= 0.3 is 0 Å². The van der Waals surface area contributed by atoms with Gasteiger partial charge in [0.2, 0.25) is 5.91 Å². The van der Waals surface area contributed by atoms with Gasteiger partial charge in [-0.25, -0.2) is 4.98 Å². The van der Waals surface area contributed by atoms with Crippen LogP contribution in [-0.4, -0.2) is 35.2 Å². The van der Waals surface area contributed by atoms with Crippen LogP contribution >= 0.6 is 15.9 Å². The van der Waals surface area contributed by atoms with Gasteiger partial charge in [0.25, 0.3) is 5.56 Å². The fourth-order valence-corrected chi connectivity index (χ4v) is 3.70. The number of hydrogen-bond acceptors (Lipinski definition) is 5. The number of halogens is 1. The van der Waals surface area contributed by atoms with Gasteiger partial charge in [0, 0.05) is 16.4 Å². The molecule has 0 spiro atoms. The van der Waals surface area contributed by atoms with E-state index in [-0.39, 0.29) is 23.4 Å². The first-order chi connectivity index (χ1) is 14.3. The maximum atomic E-state index is 12.7. The van der Waals surface area contributed by atoms with E-state index in [1.54, 1.807) is 12.1 Å². The Morgan fingerprint density at radius 2 is 1.93 bits per heavy atom. The number of rotatable bonds is 5. The molecule has 0 saturated heterocycles. The van der Waals surface area contributed by atoms with Gasteiger partial charge in [0.05, 0.1) is 17.2 Å². The molecule has 1 N–H and O–H groups in total. The minimum absolute atomic E-state index is 0.0918. The minimum Gasteiger partial charge on any atom is -0.486 e. The van der Waals surface area contributed by atoms with E-state index in [1.165, 1.54) is 10.9 Å². The molecule has 3 aromatic rings. The Balaban J connectivity index is 1.45. The van der Waals surface area contributed by atoms with Crippen molar-refractivity contribution in [1.82, 2.24) is 14.9 Å². The van der Waals surface area contributed by atoms with E-state index >= 15 is 0 Å². The average molecular weight is 472 g/mol. The van der Waals surface area contributed by atoms with E-state index in [2.05, 4.69) is 26.2 Å². The van der Waals surface area contributed by atoms with Crippen LogP contribution in [0.25, 0.3) is 10.9 Å². The fraction of sp³-hybridized carbons (Fsp3) is 0.318. The zero-order chi connectivity index (χ0) is 21.3. The van der Waals surface area contributed by atoms with Crippen molar-refractivity contribution in [2.45, 2.75) is 25.8 Å². The van der Waals surface area contributed by atoms with Gasteiger partial charge in [-0.3, -0.25) is 14.2 Å². The van der Waals surface area contributed by atoms with E-state index in [0.29, 0.717) is 30.7 Å². The number of carbonyl (C=O) groups excluding carboxylic acids is 1. The lowest BCUT2D eigenvalue weighted by atomic mass is 9.84. The van der Waals surface area contributed by atoms with Crippen molar-refractivity contribution in [3.63, 3.8) is 0 Å². The van der Waals surface area contributed by atoms with Gasteiger partial charge in [0.1, 0.15) is 19.8 Å². The highest BCUT2D eigenvalue weighted by atomic mass is 79.9. The number of carbonyl (C=O) groups is 1. The number of benzene rings is 2. The van der Waals surface area contributed by atoms with Crippen LogP contribution in [0.4, 0.5) is 0 Å². The predicted molar refractivity (Wildman–Crippen MR) is 117 cm³/mol. The number of amides is 1. The van der Waals surface area contributed by atoms with Crippen molar-refractivity contribution in [1.29, 1.82) is 0 Å². The van der Waals surface area contributed by atoms with Crippen molar-refractivity contribution in [2.24, 2.45) is 0 Å². The molecule has 0 saturated carbocycles. The molecule has 4 rings (SSSR count). The predicted octanol–water partition coefficient (Wildman–Crippen LogP) is 3.02. The van der Waals surface area contributed by atoms with E-state index in [9.17, 15) is 9.59 Å². The van der Waals surface area contributed by atoms with Crippen LogP contribution in [0, 0.1) is 0 Å². The molecule has 0 aliphatic carbocycles. The smallest absolute Gasteiger partial charge is 0.261 e. The quantitative estimate of drug-likeness (QED) is 0.618. The average Bonchev–Trinajstić information content (AvgIpc) is 2.74. The van der Waals surface area contributed by atoms with Gasteiger partial charge < -0.3 is 14.8 Å². The maximum Gasteiger partial charge on any atom is 0.261 e. The molecular formula is C22H22BrN3O4. The maximum absolute atomic E-state index is 12.7. The number of aromatic nitrogens is 2. The van der Waals surface area contributed by atoms with Gasteiger partial charge in [-0.2, -0.15) is 0 Å². The second-order valence-corrected chi connectivity index (χ2v) is 8.77. The molecule has 8 heteroatoms. The van der Waals surface area contributed by atoms with Crippen LogP contribution in [-0.2, 0) is 16.8 Å². The summed E-state index contributed by atoms with van der Waals surface area (Å²) in [4.78, 5) is 29.5. The normalized spacial score (nSPS) is 13.3. The van der Waals surface area contributed by atoms with Crippen LogP contribution in [0.1, 0.15) is 19.4 Å². The first-order valence-corrected chi connectivity index (χ1v) is 10.4. The lowest BCUT2D eigenvalue weighted by molar-refractivity contribution is -0.121. The van der Waals surface area contributed by atoms with Crippen LogP contribution in [0.15, 0.2) is 52.0 Å². The highest BCUT2D eigenvalue weighted by molar-refractivity contribution is 9.10. The summed E-state index contributed by atoms with van der Waals surface area (Å²) in [6.45, 7) is 5.47. The van der Waals surface area contributed by atoms with Crippen molar-refractivity contribution in [3.05, 3.63) is 63.1 Å². The second kappa shape index (κ2) is 8.10. The summed E-state index contributed by atoms with van der Waals surface area (Å²) in [6.07, 6.45) is 1.41. The van der Waals surface area contributed by atoms with Gasteiger partial charge in [-0.15, -0.1) is 0 Å². The first-order valence-electron chi connectivity index (χ1n) is 9.65. The number of nitrogens with one attached hydrogen (secondary N) is 1. The Morgan fingerprint density at radius 3 is 2.73 bits per heavy atom. The molecule has 30 heavy (non-hydrogen) atoms. The summed E-state index contributed by atoms with van der Waals surface area (Å²) in [7, 11) is 0. The summed E-state index contributed by atoms with van der Waals surface area (Å²) < 4.78 is 13.3. The van der Waals surface area contributed by atoms with E-state index in [1.807, 2.05) is 38.1 Å². The number of hydrogen-bond donors (Lipinski definition) is 1. The zero-order valence-electron chi connectivity index (χ0n) is 16.8. The third-order valence-corrected chi connectivity index (χ3v) is 5.64. The van der Waals surface area contributed by atoms with Crippen molar-refractivity contribution in [2.75, 3.05) is 19.8 Å². The van der Waals surface area contributed by atoms with Gasteiger partial charge in [-0.1, -0.05) is 35.8 Å². The molecule has 1 amide bonds. The summed E-state index contributed by atoms with van der Waals surface area (Å²) in [5.74, 6) is 1.21. The van der Waals surface area contributed by atoms with Crippen LogP contribution in [0.2, 0.25) is 0 Å². The van der Waals surface area contributed by atoms with E-state index < -0.39 is 0 Å². The molecular weight excluding hydrogens is 450 g/mol. The Hall–Kier alpha value is -2.87. The summed E-state index contributed by atoms with van der Waals surface area (Å²) in [5.41, 5.74) is 1.05. The molecule has 1 aromatic heterocycles. The molecule has 7 nitrogen and oxygen atoms in total. The number of ether oxygens (including phenoxy) is 2. The highest BCUT2D eigenvalue weighted by Crippen LogP contribution is 2.34. The summed E-state index contributed by atoms with van der Waals surface area (Å²) in [5, 5.41) is 3.40. The number of fused-ring (bicyclic) bond motifs is 2. The molecule has 156 valence electrons. The zero-order valence-corrected chi connectivity index (χ0v) is 18.4. The van der Waals surface area contributed by atoms with Gasteiger partial charge in [0.15, 0.2) is 11.5 Å². The van der Waals surface area contributed by atoms with Crippen LogP contribution < -0.4 is 20.3 Å². The molecule has 0 radical (unpaired) electrons. The van der Waals surface area contributed by atoms with Crippen molar-refractivity contribution < 1.29 is 14.3 Å². The monoisotopic (exact) mass is 471 g/mol. The Bertz CT molecular complexity index is 1170. The SMILES string of the molecule is CC(C)(CNC(=O)Cn1cnc2ccc(Br)cc2c1=O)c1ccc2c(c1)OCCO2. The van der Waals surface area contributed by atoms with E-state index in [0.717, 1.165) is 21.5 Å². The van der Waals surface area contributed by atoms with Crippen LogP contribution in [0.5, 0.6) is 11.5 Å². The highest BCUT2D eigenvalue weighted by Gasteiger charge is 2.24. The third kappa shape index (κ3) is 4.18. The van der Waals surface area contributed by atoms with Crippen molar-refractivity contribution >= 4 is 32.7 Å². The van der Waals surface area contributed by atoms with Gasteiger partial charge in [-0.05, 0) is 35.9 Å². The Kier molecular flexibility index (Phi) is 5.51. The molecule has 0 unspecified atom stereocenters. The third-order valence-electron chi connectivity index (χ3n) is 5.15. The lowest BCUT2D eigenvalue weighted by Crippen LogP contribution is -2.39. The lowest BCUT2D eigenvalue weighted by Gasteiger charge is -2.28. The Morgan fingerprint density at radius 1 is 1.17 bits per heavy atom. The molecule has 0 atom stereocenters. The standard InChI is InChI=1S/C22H22BrN3O4/c1-22(2,14-3-6-18-19(9-14)30-8-7-29-18)12-24-20(27)11-26-13-25-17-5-4-15(23)10-16(17)21(26)28/h3-6,9-10,13H,7-8,11-12H2,1-2H3,(H,24,27). The molecule has 0 fully saturated rings. The first kappa shape index (κ1) is 20.4. The second-order valence-electron chi connectivity index (χ2n) is 7.86. The topological polar surface area (TPSA) is 82.5 Å². The Labute approximate surface area is 182 Å². The minimum atomic E-state index is -0.330. The number of nitrogens with zero attached hydrogens (tertiary/aromatic N) is 2. The molecule has 2 heterocycles. The summed E-state index contributed by atoms with van der Waals surface area (Å²) >= 11 is 3.36. The molecule has 1 aliphatic rings. The van der Waals surface area contributed by atoms with E-state index in [4.69, 9.17) is 9.47 Å². The molecule has 0 bridgehead atoms. The largest absolute Gasteiger partial charge is 0.486 e. The molecule has 2 aromatic carbocycles. The van der Waals surface area contributed by atoms with Crippen molar-refractivity contribution in [3.8, 4) is 11.5 Å². The van der Waals surface area contributed by atoms with Crippen LogP contribution in [0.3, 0.4) is 0 Å². The molecule has 1 aliphatic heterocycles. The fourth-order valence-electron chi connectivity index (χ4n) is 3.34. The summed E-state index contributed by atoms with van der Waals surface area (Å²) in [6, 6.07) is 11.1.